The summed E-state index contributed by atoms with van der Waals surface area (Å²) in [7, 11) is 3.94. The van der Waals surface area contributed by atoms with Gasteiger partial charge in [0.15, 0.2) is 0 Å². The molecule has 1 aromatic rings. The Morgan fingerprint density at radius 3 is 1.94 bits per heavy atom. The van der Waals surface area contributed by atoms with Crippen LogP contribution in [0.1, 0.15) is 43.6 Å². The third kappa shape index (κ3) is 3.67. The number of nitrogens with one attached hydrogen (secondary N) is 1. The molecule has 1 atom stereocenters. The van der Waals surface area contributed by atoms with Gasteiger partial charge in [0.05, 0.1) is 0 Å². The molecule has 0 radical (unpaired) electrons. The van der Waals surface area contributed by atoms with Crippen molar-refractivity contribution < 1.29 is 0 Å². The molecule has 4 heteroatoms. The van der Waals surface area contributed by atoms with Crippen molar-refractivity contribution in [3.63, 3.8) is 0 Å². The highest BCUT2D eigenvalue weighted by molar-refractivity contribution is 5.36. The summed E-state index contributed by atoms with van der Waals surface area (Å²) in [5.74, 6) is 1.22. The van der Waals surface area contributed by atoms with Crippen molar-refractivity contribution in [1.29, 1.82) is 0 Å². The summed E-state index contributed by atoms with van der Waals surface area (Å²) in [5, 5.41) is 3.47. The van der Waals surface area contributed by atoms with Crippen LogP contribution in [-0.2, 0) is 0 Å². The summed E-state index contributed by atoms with van der Waals surface area (Å²) in [6.45, 7) is 11.7. The lowest BCUT2D eigenvalue weighted by molar-refractivity contribution is 0.543. The van der Waals surface area contributed by atoms with Crippen LogP contribution in [0.15, 0.2) is 0 Å². The molecule has 1 aromatic heterocycles. The summed E-state index contributed by atoms with van der Waals surface area (Å²) in [4.78, 5) is 11.1. The normalized spacial score (nSPS) is 12.9. The fourth-order valence-electron chi connectivity index (χ4n) is 2.13. The monoisotopic (exact) mass is 250 g/mol. The van der Waals surface area contributed by atoms with E-state index in [0.29, 0.717) is 12.0 Å². The predicted molar refractivity (Wildman–Crippen MR) is 77.4 cm³/mol. The SMILES string of the molecule is Cc1nc(N(C)C)nc(C)c1C(C)CNC(C)C. The zero-order valence-electron chi connectivity index (χ0n) is 12.7. The molecule has 0 bridgehead atoms. The van der Waals surface area contributed by atoms with E-state index in [1.165, 1.54) is 5.56 Å². The Morgan fingerprint density at radius 1 is 1.06 bits per heavy atom. The van der Waals surface area contributed by atoms with Crippen LogP contribution >= 0.6 is 0 Å². The minimum atomic E-state index is 0.434. The number of hydrogen-bond donors (Lipinski definition) is 1. The molecule has 0 amide bonds. The van der Waals surface area contributed by atoms with Gasteiger partial charge in [0.1, 0.15) is 0 Å². The van der Waals surface area contributed by atoms with Crippen LogP contribution in [-0.4, -0.2) is 36.6 Å². The second-order valence-corrected chi connectivity index (χ2v) is 5.47. The maximum atomic E-state index is 4.57. The maximum absolute atomic E-state index is 4.57. The molecule has 0 aliphatic carbocycles. The molecule has 0 aromatic carbocycles. The molecule has 0 spiro atoms. The highest BCUT2D eigenvalue weighted by Gasteiger charge is 2.15. The van der Waals surface area contributed by atoms with Crippen LogP contribution in [0.25, 0.3) is 0 Å². The van der Waals surface area contributed by atoms with Crippen LogP contribution in [0.5, 0.6) is 0 Å². The van der Waals surface area contributed by atoms with Crippen molar-refractivity contribution in [3.8, 4) is 0 Å². The molecule has 0 aliphatic heterocycles. The smallest absolute Gasteiger partial charge is 0.225 e. The van der Waals surface area contributed by atoms with Crippen molar-refractivity contribution in [1.82, 2.24) is 15.3 Å². The van der Waals surface area contributed by atoms with E-state index in [2.05, 4.69) is 49.9 Å². The molecule has 0 aliphatic rings. The molecule has 4 nitrogen and oxygen atoms in total. The zero-order valence-corrected chi connectivity index (χ0v) is 12.7. The third-order valence-corrected chi connectivity index (χ3v) is 3.04. The quantitative estimate of drug-likeness (QED) is 0.870. The van der Waals surface area contributed by atoms with Crippen molar-refractivity contribution in [3.05, 3.63) is 17.0 Å². The highest BCUT2D eigenvalue weighted by atomic mass is 15.2. The average Bonchev–Trinajstić information content (AvgIpc) is 2.25. The van der Waals surface area contributed by atoms with E-state index < -0.39 is 0 Å². The summed E-state index contributed by atoms with van der Waals surface area (Å²) in [6, 6.07) is 0.509. The molecule has 102 valence electrons. The topological polar surface area (TPSA) is 41.1 Å². The number of nitrogens with zero attached hydrogens (tertiary/aromatic N) is 3. The van der Waals surface area contributed by atoms with Gasteiger partial charge in [0.25, 0.3) is 0 Å². The Morgan fingerprint density at radius 2 is 1.56 bits per heavy atom. The van der Waals surface area contributed by atoms with Crippen molar-refractivity contribution in [2.45, 2.75) is 46.6 Å². The van der Waals surface area contributed by atoms with Crippen molar-refractivity contribution in [2.24, 2.45) is 0 Å². The average molecular weight is 250 g/mol. The second-order valence-electron chi connectivity index (χ2n) is 5.47. The fraction of sp³-hybridized carbons (Fsp3) is 0.714. The molecule has 0 saturated carbocycles. The number of aromatic nitrogens is 2. The third-order valence-electron chi connectivity index (χ3n) is 3.04. The van der Waals surface area contributed by atoms with Crippen molar-refractivity contribution >= 4 is 5.95 Å². The van der Waals surface area contributed by atoms with Gasteiger partial charge in [-0.15, -0.1) is 0 Å². The minimum Gasteiger partial charge on any atom is -0.347 e. The molecular formula is C14H26N4. The minimum absolute atomic E-state index is 0.434. The lowest BCUT2D eigenvalue weighted by atomic mass is 9.98. The van der Waals surface area contributed by atoms with E-state index in [9.17, 15) is 0 Å². The lowest BCUT2D eigenvalue weighted by Crippen LogP contribution is -2.28. The van der Waals surface area contributed by atoms with E-state index in [4.69, 9.17) is 0 Å². The summed E-state index contributed by atoms with van der Waals surface area (Å²) in [5.41, 5.74) is 3.45. The van der Waals surface area contributed by atoms with Gasteiger partial charge in [-0.2, -0.15) is 0 Å². The van der Waals surface area contributed by atoms with Gasteiger partial charge in [0.2, 0.25) is 5.95 Å². The Labute approximate surface area is 111 Å². The van der Waals surface area contributed by atoms with Gasteiger partial charge in [-0.3, -0.25) is 0 Å². The summed E-state index contributed by atoms with van der Waals surface area (Å²) < 4.78 is 0. The largest absolute Gasteiger partial charge is 0.347 e. The van der Waals surface area contributed by atoms with Gasteiger partial charge in [-0.05, 0) is 25.3 Å². The van der Waals surface area contributed by atoms with Gasteiger partial charge in [-0.25, -0.2) is 9.97 Å². The predicted octanol–water partition coefficient (Wildman–Crippen LogP) is 2.26. The molecule has 18 heavy (non-hydrogen) atoms. The number of anilines is 1. The van der Waals surface area contributed by atoms with Crippen LogP contribution in [0.3, 0.4) is 0 Å². The first-order valence-electron chi connectivity index (χ1n) is 6.58. The molecule has 1 heterocycles. The Balaban J connectivity index is 2.95. The second kappa shape index (κ2) is 6.14. The van der Waals surface area contributed by atoms with Gasteiger partial charge in [0, 0.05) is 38.1 Å². The van der Waals surface area contributed by atoms with Gasteiger partial charge >= 0.3 is 0 Å². The zero-order chi connectivity index (χ0) is 13.9. The molecule has 1 unspecified atom stereocenters. The molecular weight excluding hydrogens is 224 g/mol. The van der Waals surface area contributed by atoms with E-state index in [1.54, 1.807) is 0 Å². The first-order valence-corrected chi connectivity index (χ1v) is 6.58. The highest BCUT2D eigenvalue weighted by Crippen LogP contribution is 2.22. The van der Waals surface area contributed by atoms with E-state index in [-0.39, 0.29) is 0 Å². The van der Waals surface area contributed by atoms with Gasteiger partial charge in [-0.1, -0.05) is 20.8 Å². The first kappa shape index (κ1) is 14.9. The molecule has 1 N–H and O–H groups in total. The number of rotatable bonds is 5. The Hall–Kier alpha value is -1.16. The Kier molecular flexibility index (Phi) is 5.08. The van der Waals surface area contributed by atoms with E-state index >= 15 is 0 Å². The first-order chi connectivity index (χ1) is 8.32. The maximum Gasteiger partial charge on any atom is 0.225 e. The van der Waals surface area contributed by atoms with Gasteiger partial charge < -0.3 is 10.2 Å². The van der Waals surface area contributed by atoms with Crippen LogP contribution in [0, 0.1) is 13.8 Å². The van der Waals surface area contributed by atoms with E-state index in [0.717, 1.165) is 23.9 Å². The summed E-state index contributed by atoms with van der Waals surface area (Å²) in [6.07, 6.45) is 0. The van der Waals surface area contributed by atoms with Crippen LogP contribution in [0.4, 0.5) is 5.95 Å². The van der Waals surface area contributed by atoms with Crippen LogP contribution in [0.2, 0.25) is 0 Å². The number of aryl methyl sites for hydroxylation is 2. The molecule has 1 rings (SSSR count). The van der Waals surface area contributed by atoms with Crippen molar-refractivity contribution in [2.75, 3.05) is 25.5 Å². The van der Waals surface area contributed by atoms with Crippen LogP contribution < -0.4 is 10.2 Å². The number of hydrogen-bond acceptors (Lipinski definition) is 4. The molecule has 0 fully saturated rings. The fourth-order valence-corrected chi connectivity index (χ4v) is 2.13. The lowest BCUT2D eigenvalue weighted by Gasteiger charge is -2.20. The van der Waals surface area contributed by atoms with E-state index in [1.807, 2.05) is 19.0 Å². The molecule has 0 saturated heterocycles. The Bertz CT molecular complexity index is 376. The standard InChI is InChI=1S/C14H26N4/c1-9(2)15-8-10(3)13-11(4)16-14(18(6)7)17-12(13)5/h9-10,15H,8H2,1-7H3. The summed E-state index contributed by atoms with van der Waals surface area (Å²) >= 11 is 0.